The molecule has 0 unspecified atom stereocenters. The number of ether oxygens (including phenoxy) is 1. The molecule has 3 aromatic carbocycles. The molecule has 0 heterocycles. The first-order chi connectivity index (χ1) is 14.8. The Morgan fingerprint density at radius 3 is 2.06 bits per heavy atom. The standard InChI is InChI=1S/C23H16Cl3NO4/c1-13(22(29)27-20-12-18(25)17(24)11-19(20)26)31-23(30)16-10-6-5-9-15(16)21(28)14-7-3-2-4-8-14/h2-13H,1H3,(H,27,29)/t13-/m1/s1. The minimum Gasteiger partial charge on any atom is -0.449 e. The summed E-state index contributed by atoms with van der Waals surface area (Å²) in [6.07, 6.45) is -1.17. The third-order valence-electron chi connectivity index (χ3n) is 4.35. The number of benzene rings is 3. The summed E-state index contributed by atoms with van der Waals surface area (Å²) in [6.45, 7) is 1.40. The van der Waals surface area contributed by atoms with Crippen molar-refractivity contribution in [1.29, 1.82) is 0 Å². The first-order valence-corrected chi connectivity index (χ1v) is 10.3. The maximum atomic E-state index is 12.8. The lowest BCUT2D eigenvalue weighted by molar-refractivity contribution is -0.123. The van der Waals surface area contributed by atoms with Crippen molar-refractivity contribution in [3.8, 4) is 0 Å². The third kappa shape index (κ3) is 5.44. The fourth-order valence-corrected chi connectivity index (χ4v) is 3.33. The van der Waals surface area contributed by atoms with Gasteiger partial charge in [-0.05, 0) is 25.1 Å². The van der Waals surface area contributed by atoms with Crippen molar-refractivity contribution >= 4 is 58.1 Å². The molecule has 3 aromatic rings. The minimum atomic E-state index is -1.17. The molecule has 0 saturated heterocycles. The number of nitrogens with one attached hydrogen (secondary N) is 1. The van der Waals surface area contributed by atoms with Crippen LogP contribution in [-0.4, -0.2) is 23.8 Å². The second kappa shape index (κ2) is 9.96. The predicted molar refractivity (Wildman–Crippen MR) is 121 cm³/mol. The smallest absolute Gasteiger partial charge is 0.339 e. The van der Waals surface area contributed by atoms with Crippen molar-refractivity contribution in [3.63, 3.8) is 0 Å². The fourth-order valence-electron chi connectivity index (χ4n) is 2.73. The average Bonchev–Trinajstić information content (AvgIpc) is 2.77. The topological polar surface area (TPSA) is 72.5 Å². The molecule has 31 heavy (non-hydrogen) atoms. The van der Waals surface area contributed by atoms with Crippen LogP contribution in [0, 0.1) is 0 Å². The summed E-state index contributed by atoms with van der Waals surface area (Å²) in [5.74, 6) is -1.75. The zero-order chi connectivity index (χ0) is 22.5. The van der Waals surface area contributed by atoms with E-state index in [4.69, 9.17) is 39.5 Å². The van der Waals surface area contributed by atoms with Gasteiger partial charge in [-0.3, -0.25) is 9.59 Å². The summed E-state index contributed by atoms with van der Waals surface area (Å²) in [7, 11) is 0. The van der Waals surface area contributed by atoms with Gasteiger partial charge in [0.15, 0.2) is 11.9 Å². The van der Waals surface area contributed by atoms with Gasteiger partial charge in [0.2, 0.25) is 0 Å². The molecule has 0 fully saturated rings. The Hall–Kier alpha value is -2.86. The maximum absolute atomic E-state index is 12.8. The van der Waals surface area contributed by atoms with E-state index in [0.717, 1.165) is 0 Å². The van der Waals surface area contributed by atoms with Gasteiger partial charge < -0.3 is 10.1 Å². The van der Waals surface area contributed by atoms with Crippen LogP contribution in [0.4, 0.5) is 5.69 Å². The number of hydrogen-bond donors (Lipinski definition) is 1. The number of anilines is 1. The predicted octanol–water partition coefficient (Wildman–Crippen LogP) is 6.06. The van der Waals surface area contributed by atoms with Crippen molar-refractivity contribution < 1.29 is 19.1 Å². The van der Waals surface area contributed by atoms with Gasteiger partial charge in [0.1, 0.15) is 0 Å². The van der Waals surface area contributed by atoms with E-state index in [1.165, 1.54) is 31.2 Å². The van der Waals surface area contributed by atoms with E-state index in [2.05, 4.69) is 5.32 Å². The first-order valence-electron chi connectivity index (χ1n) is 9.13. The quantitative estimate of drug-likeness (QED) is 0.266. The Morgan fingerprint density at radius 1 is 0.806 bits per heavy atom. The van der Waals surface area contributed by atoms with Crippen LogP contribution in [0.2, 0.25) is 15.1 Å². The number of rotatable bonds is 6. The van der Waals surface area contributed by atoms with E-state index in [1.807, 2.05) is 0 Å². The highest BCUT2D eigenvalue weighted by Gasteiger charge is 2.24. The Bertz CT molecular complexity index is 1150. The van der Waals surface area contributed by atoms with E-state index in [-0.39, 0.29) is 37.7 Å². The SMILES string of the molecule is C[C@@H](OC(=O)c1ccccc1C(=O)c1ccccc1)C(=O)Nc1cc(Cl)c(Cl)cc1Cl. The lowest BCUT2D eigenvalue weighted by atomic mass is 9.98. The molecule has 0 aliphatic rings. The fraction of sp³-hybridized carbons (Fsp3) is 0.0870. The molecule has 0 bridgehead atoms. The van der Waals surface area contributed by atoms with Gasteiger partial charge in [0.05, 0.1) is 26.3 Å². The summed E-state index contributed by atoms with van der Waals surface area (Å²) < 4.78 is 5.29. The maximum Gasteiger partial charge on any atom is 0.339 e. The van der Waals surface area contributed by atoms with Crippen molar-refractivity contribution in [3.05, 3.63) is 98.5 Å². The van der Waals surface area contributed by atoms with Gasteiger partial charge in [-0.1, -0.05) is 83.3 Å². The number of halogens is 3. The number of ketones is 1. The highest BCUT2D eigenvalue weighted by Crippen LogP contribution is 2.32. The van der Waals surface area contributed by atoms with Crippen LogP contribution in [0.1, 0.15) is 33.2 Å². The van der Waals surface area contributed by atoms with Crippen molar-refractivity contribution in [2.45, 2.75) is 13.0 Å². The summed E-state index contributed by atoms with van der Waals surface area (Å²) in [6, 6.07) is 17.6. The Kier molecular flexibility index (Phi) is 7.33. The highest BCUT2D eigenvalue weighted by molar-refractivity contribution is 6.44. The summed E-state index contributed by atoms with van der Waals surface area (Å²) in [5.41, 5.74) is 0.897. The normalized spacial score (nSPS) is 11.5. The van der Waals surface area contributed by atoms with Gasteiger partial charge in [-0.2, -0.15) is 0 Å². The molecule has 0 aliphatic heterocycles. The van der Waals surface area contributed by atoms with E-state index in [0.29, 0.717) is 5.56 Å². The lowest BCUT2D eigenvalue weighted by Crippen LogP contribution is -2.30. The molecule has 158 valence electrons. The highest BCUT2D eigenvalue weighted by atomic mass is 35.5. The van der Waals surface area contributed by atoms with E-state index >= 15 is 0 Å². The van der Waals surface area contributed by atoms with E-state index in [1.54, 1.807) is 42.5 Å². The van der Waals surface area contributed by atoms with Crippen LogP contribution in [0.3, 0.4) is 0 Å². The number of hydrogen-bond acceptors (Lipinski definition) is 4. The largest absolute Gasteiger partial charge is 0.449 e. The molecule has 0 radical (unpaired) electrons. The van der Waals surface area contributed by atoms with Crippen LogP contribution in [0.5, 0.6) is 0 Å². The average molecular weight is 477 g/mol. The molecular weight excluding hydrogens is 461 g/mol. The third-order valence-corrected chi connectivity index (χ3v) is 5.38. The first kappa shape index (κ1) is 22.8. The van der Waals surface area contributed by atoms with Gasteiger partial charge in [0.25, 0.3) is 5.91 Å². The lowest BCUT2D eigenvalue weighted by Gasteiger charge is -2.16. The van der Waals surface area contributed by atoms with Gasteiger partial charge in [-0.15, -0.1) is 0 Å². The van der Waals surface area contributed by atoms with Crippen molar-refractivity contribution in [2.24, 2.45) is 0 Å². The molecule has 0 saturated carbocycles. The molecule has 8 heteroatoms. The number of amides is 1. The van der Waals surface area contributed by atoms with E-state index < -0.39 is 18.0 Å². The number of carbonyl (C=O) groups excluding carboxylic acids is 3. The summed E-state index contributed by atoms with van der Waals surface area (Å²) >= 11 is 17.9. The molecule has 1 atom stereocenters. The molecule has 5 nitrogen and oxygen atoms in total. The Balaban J connectivity index is 1.75. The second-order valence-corrected chi connectivity index (χ2v) is 7.75. The van der Waals surface area contributed by atoms with E-state index in [9.17, 15) is 14.4 Å². The number of carbonyl (C=O) groups is 3. The summed E-state index contributed by atoms with van der Waals surface area (Å²) in [5, 5.41) is 3.17. The number of esters is 1. The molecule has 1 amide bonds. The summed E-state index contributed by atoms with van der Waals surface area (Å²) in [4.78, 5) is 38.0. The Labute approximate surface area is 193 Å². The van der Waals surface area contributed by atoms with Crippen molar-refractivity contribution in [1.82, 2.24) is 0 Å². The second-order valence-electron chi connectivity index (χ2n) is 6.52. The van der Waals surface area contributed by atoms with Crippen molar-refractivity contribution in [2.75, 3.05) is 5.32 Å². The molecule has 0 aliphatic carbocycles. The van der Waals surface area contributed by atoms with Crippen LogP contribution >= 0.6 is 34.8 Å². The van der Waals surface area contributed by atoms with Crippen LogP contribution in [0.15, 0.2) is 66.7 Å². The Morgan fingerprint density at radius 2 is 1.39 bits per heavy atom. The zero-order valence-electron chi connectivity index (χ0n) is 16.2. The van der Waals surface area contributed by atoms with Gasteiger partial charge in [0, 0.05) is 11.1 Å². The van der Waals surface area contributed by atoms with Crippen LogP contribution in [-0.2, 0) is 9.53 Å². The minimum absolute atomic E-state index is 0.0589. The molecule has 1 N–H and O–H groups in total. The molecule has 0 aromatic heterocycles. The molecule has 3 rings (SSSR count). The zero-order valence-corrected chi connectivity index (χ0v) is 18.5. The van der Waals surface area contributed by atoms with Crippen LogP contribution < -0.4 is 5.32 Å². The van der Waals surface area contributed by atoms with Gasteiger partial charge in [-0.25, -0.2) is 4.79 Å². The monoisotopic (exact) mass is 475 g/mol. The molecule has 0 spiro atoms. The van der Waals surface area contributed by atoms with Crippen LogP contribution in [0.25, 0.3) is 0 Å². The van der Waals surface area contributed by atoms with Gasteiger partial charge >= 0.3 is 5.97 Å². The molecular formula is C23H16Cl3NO4.